The Kier molecular flexibility index (Phi) is 3.22. The van der Waals surface area contributed by atoms with Crippen LogP contribution in [0.1, 0.15) is 16.1 Å². The van der Waals surface area contributed by atoms with Crippen molar-refractivity contribution in [3.05, 3.63) is 45.7 Å². The van der Waals surface area contributed by atoms with Crippen molar-refractivity contribution in [3.63, 3.8) is 0 Å². The van der Waals surface area contributed by atoms with E-state index in [-0.39, 0.29) is 17.9 Å². The van der Waals surface area contributed by atoms with Crippen LogP contribution in [0.15, 0.2) is 24.4 Å². The highest BCUT2D eigenvalue weighted by molar-refractivity contribution is 6.33. The van der Waals surface area contributed by atoms with E-state index in [2.05, 4.69) is 15.4 Å². The summed E-state index contributed by atoms with van der Waals surface area (Å²) in [5, 5.41) is 10.7. The third-order valence-electron chi connectivity index (χ3n) is 2.06. The van der Waals surface area contributed by atoms with Crippen molar-refractivity contribution in [1.29, 1.82) is 0 Å². The Bertz CT molecular complexity index is 511. The van der Waals surface area contributed by atoms with Crippen LogP contribution in [-0.2, 0) is 6.42 Å². The van der Waals surface area contributed by atoms with Crippen molar-refractivity contribution in [2.45, 2.75) is 6.42 Å². The first-order chi connectivity index (χ1) is 7.66. The molecular formula is C10H7Cl2N3O. The third-order valence-corrected chi connectivity index (χ3v) is 2.66. The standard InChI is InChI=1S/C10H7Cl2N3O/c11-7-1-2-8(12)6(3-7)4-10(16)9-5-13-15-14-9/h1-3,5H,4H2,(H,13,14,15). The normalized spacial score (nSPS) is 10.4. The Morgan fingerprint density at radius 3 is 2.88 bits per heavy atom. The van der Waals surface area contributed by atoms with Crippen LogP contribution in [0.3, 0.4) is 0 Å². The number of rotatable bonds is 3. The predicted octanol–water partition coefficient (Wildman–Crippen LogP) is 2.54. The molecule has 0 saturated heterocycles. The number of carbonyl (C=O) groups excluding carboxylic acids is 1. The summed E-state index contributed by atoms with van der Waals surface area (Å²) in [4.78, 5) is 11.7. The molecule has 1 N–H and O–H groups in total. The second-order valence-electron chi connectivity index (χ2n) is 3.19. The zero-order valence-corrected chi connectivity index (χ0v) is 9.59. The summed E-state index contributed by atoms with van der Waals surface area (Å²) in [6.45, 7) is 0. The molecule has 1 aromatic heterocycles. The maximum atomic E-state index is 11.7. The molecule has 0 aliphatic rings. The van der Waals surface area contributed by atoms with Crippen molar-refractivity contribution in [2.75, 3.05) is 0 Å². The van der Waals surface area contributed by atoms with Crippen molar-refractivity contribution >= 4 is 29.0 Å². The Morgan fingerprint density at radius 1 is 1.38 bits per heavy atom. The Hall–Kier alpha value is -1.39. The van der Waals surface area contributed by atoms with Crippen LogP contribution in [0, 0.1) is 0 Å². The molecule has 1 aromatic carbocycles. The summed E-state index contributed by atoms with van der Waals surface area (Å²) < 4.78 is 0. The number of nitrogens with zero attached hydrogens (tertiary/aromatic N) is 2. The highest BCUT2D eigenvalue weighted by Gasteiger charge is 2.12. The number of Topliss-reactive ketones (excluding diaryl/α,β-unsaturated/α-hetero) is 1. The number of aromatic nitrogens is 3. The van der Waals surface area contributed by atoms with Crippen molar-refractivity contribution in [2.24, 2.45) is 0 Å². The summed E-state index contributed by atoms with van der Waals surface area (Å²) in [6.07, 6.45) is 1.53. The lowest BCUT2D eigenvalue weighted by Crippen LogP contribution is -2.04. The molecule has 0 saturated carbocycles. The topological polar surface area (TPSA) is 58.6 Å². The van der Waals surface area contributed by atoms with Crippen LogP contribution in [0.2, 0.25) is 10.0 Å². The maximum absolute atomic E-state index is 11.7. The number of hydrogen-bond donors (Lipinski definition) is 1. The van der Waals surface area contributed by atoms with Gasteiger partial charge in [-0.25, -0.2) is 0 Å². The second-order valence-corrected chi connectivity index (χ2v) is 4.03. The first-order valence-electron chi connectivity index (χ1n) is 4.49. The summed E-state index contributed by atoms with van der Waals surface area (Å²) in [7, 11) is 0. The van der Waals surface area contributed by atoms with Gasteiger partial charge in [-0.2, -0.15) is 15.4 Å². The van der Waals surface area contributed by atoms with E-state index in [1.807, 2.05) is 0 Å². The molecule has 2 rings (SSSR count). The van der Waals surface area contributed by atoms with Gasteiger partial charge in [0.25, 0.3) is 0 Å². The first kappa shape index (κ1) is 11.1. The molecule has 0 unspecified atom stereocenters. The van der Waals surface area contributed by atoms with Crippen LogP contribution >= 0.6 is 23.2 Å². The van der Waals surface area contributed by atoms with E-state index < -0.39 is 0 Å². The van der Waals surface area contributed by atoms with Crippen molar-refractivity contribution < 1.29 is 4.79 Å². The molecular weight excluding hydrogens is 249 g/mol. The van der Waals surface area contributed by atoms with Gasteiger partial charge in [0.1, 0.15) is 5.69 Å². The SMILES string of the molecule is O=C(Cc1cc(Cl)ccc1Cl)c1cn[nH]n1. The number of ketones is 1. The van der Waals surface area contributed by atoms with Crippen LogP contribution < -0.4 is 0 Å². The number of carbonyl (C=O) groups is 1. The van der Waals surface area contributed by atoms with E-state index in [4.69, 9.17) is 23.2 Å². The molecule has 0 spiro atoms. The molecule has 2 aromatic rings. The summed E-state index contributed by atoms with van der Waals surface area (Å²) in [5.41, 5.74) is 0.971. The maximum Gasteiger partial charge on any atom is 0.189 e. The fourth-order valence-corrected chi connectivity index (χ4v) is 1.66. The van der Waals surface area contributed by atoms with Crippen LogP contribution in [-0.4, -0.2) is 21.2 Å². The smallest absolute Gasteiger partial charge is 0.189 e. The minimum Gasteiger partial charge on any atom is -0.292 e. The molecule has 0 atom stereocenters. The average molecular weight is 256 g/mol. The van der Waals surface area contributed by atoms with Gasteiger partial charge in [-0.1, -0.05) is 23.2 Å². The lowest BCUT2D eigenvalue weighted by molar-refractivity contribution is 0.0988. The fourth-order valence-electron chi connectivity index (χ4n) is 1.28. The molecule has 0 amide bonds. The minimum absolute atomic E-state index is 0.155. The number of aromatic amines is 1. The van der Waals surface area contributed by atoms with Crippen LogP contribution in [0.25, 0.3) is 0 Å². The van der Waals surface area contributed by atoms with Gasteiger partial charge in [0, 0.05) is 16.5 Å². The zero-order chi connectivity index (χ0) is 11.5. The number of H-pyrrole nitrogens is 1. The molecule has 0 aliphatic carbocycles. The van der Waals surface area contributed by atoms with Crippen molar-refractivity contribution in [3.8, 4) is 0 Å². The van der Waals surface area contributed by atoms with E-state index in [1.165, 1.54) is 6.20 Å². The summed E-state index contributed by atoms with van der Waals surface area (Å²) >= 11 is 11.8. The van der Waals surface area contributed by atoms with Gasteiger partial charge in [0.15, 0.2) is 5.78 Å². The number of benzene rings is 1. The highest BCUT2D eigenvalue weighted by Crippen LogP contribution is 2.21. The number of nitrogens with one attached hydrogen (secondary N) is 1. The molecule has 82 valence electrons. The lowest BCUT2D eigenvalue weighted by Gasteiger charge is -2.02. The van der Waals surface area contributed by atoms with Gasteiger partial charge in [-0.15, -0.1) is 0 Å². The van der Waals surface area contributed by atoms with E-state index in [0.29, 0.717) is 15.6 Å². The summed E-state index contributed by atoms with van der Waals surface area (Å²) in [5.74, 6) is -0.155. The molecule has 0 fully saturated rings. The van der Waals surface area contributed by atoms with Crippen molar-refractivity contribution in [1.82, 2.24) is 15.4 Å². The van der Waals surface area contributed by atoms with Crippen LogP contribution in [0.4, 0.5) is 0 Å². The predicted molar refractivity (Wildman–Crippen MR) is 60.9 cm³/mol. The minimum atomic E-state index is -0.155. The Balaban J connectivity index is 2.21. The van der Waals surface area contributed by atoms with E-state index in [1.54, 1.807) is 18.2 Å². The second kappa shape index (κ2) is 4.63. The van der Waals surface area contributed by atoms with Crippen LogP contribution in [0.5, 0.6) is 0 Å². The molecule has 6 heteroatoms. The molecule has 1 heterocycles. The molecule has 0 bridgehead atoms. The van der Waals surface area contributed by atoms with E-state index >= 15 is 0 Å². The van der Waals surface area contributed by atoms with Gasteiger partial charge in [0.05, 0.1) is 6.20 Å². The van der Waals surface area contributed by atoms with Gasteiger partial charge in [-0.05, 0) is 23.8 Å². The monoisotopic (exact) mass is 255 g/mol. The van der Waals surface area contributed by atoms with Gasteiger partial charge in [-0.3, -0.25) is 4.79 Å². The molecule has 4 nitrogen and oxygen atoms in total. The average Bonchev–Trinajstić information content (AvgIpc) is 2.76. The fraction of sp³-hybridized carbons (Fsp3) is 0.100. The lowest BCUT2D eigenvalue weighted by atomic mass is 10.1. The zero-order valence-electron chi connectivity index (χ0n) is 8.08. The highest BCUT2D eigenvalue weighted by atomic mass is 35.5. The first-order valence-corrected chi connectivity index (χ1v) is 5.25. The quantitative estimate of drug-likeness (QED) is 0.858. The number of halogens is 2. The van der Waals surface area contributed by atoms with E-state index in [9.17, 15) is 4.79 Å². The number of hydrogen-bond acceptors (Lipinski definition) is 3. The third kappa shape index (κ3) is 2.40. The molecule has 16 heavy (non-hydrogen) atoms. The van der Waals surface area contributed by atoms with Gasteiger partial charge < -0.3 is 0 Å². The summed E-state index contributed by atoms with van der Waals surface area (Å²) in [6, 6.07) is 5.01. The molecule has 0 radical (unpaired) electrons. The molecule has 0 aliphatic heterocycles. The Labute approximate surface area is 102 Å². The largest absolute Gasteiger partial charge is 0.292 e. The van der Waals surface area contributed by atoms with Gasteiger partial charge >= 0.3 is 0 Å². The Morgan fingerprint density at radius 2 is 2.19 bits per heavy atom. The van der Waals surface area contributed by atoms with E-state index in [0.717, 1.165) is 0 Å². The van der Waals surface area contributed by atoms with Gasteiger partial charge in [0.2, 0.25) is 0 Å².